The van der Waals surface area contributed by atoms with Crippen LogP contribution in [0.1, 0.15) is 30.1 Å². The minimum atomic E-state index is -3.55. The van der Waals surface area contributed by atoms with E-state index < -0.39 is 10.0 Å². The van der Waals surface area contributed by atoms with Gasteiger partial charge in [-0.2, -0.15) is 0 Å². The molecule has 1 heterocycles. The zero-order valence-corrected chi connectivity index (χ0v) is 12.9. The minimum Gasteiger partial charge on any atom is -0.376 e. The van der Waals surface area contributed by atoms with E-state index in [9.17, 15) is 13.2 Å². The standard InChI is InChI=1S/C14H20N2O4S/c1-10(13-7-4-8-20-13)16-14(17)11-5-3-6-12(9-11)21(18,19)15-2/h3,5-6,9-10,13,15H,4,7-8H2,1-2H3,(H,16,17). The average molecular weight is 312 g/mol. The van der Waals surface area contributed by atoms with E-state index in [0.717, 1.165) is 19.4 Å². The molecule has 1 saturated heterocycles. The van der Waals surface area contributed by atoms with Crippen LogP contribution < -0.4 is 10.0 Å². The molecule has 1 fully saturated rings. The number of hydrogen-bond donors (Lipinski definition) is 2. The molecule has 116 valence electrons. The second-order valence-electron chi connectivity index (χ2n) is 5.05. The number of amides is 1. The fourth-order valence-corrected chi connectivity index (χ4v) is 3.08. The van der Waals surface area contributed by atoms with Gasteiger partial charge in [-0.05, 0) is 45.0 Å². The second-order valence-corrected chi connectivity index (χ2v) is 6.94. The first-order valence-corrected chi connectivity index (χ1v) is 8.38. The van der Waals surface area contributed by atoms with Crippen LogP contribution in [0.2, 0.25) is 0 Å². The Morgan fingerprint density at radius 2 is 2.19 bits per heavy atom. The van der Waals surface area contributed by atoms with E-state index in [2.05, 4.69) is 10.0 Å². The highest BCUT2D eigenvalue weighted by molar-refractivity contribution is 7.89. The molecular weight excluding hydrogens is 292 g/mol. The van der Waals surface area contributed by atoms with E-state index in [-0.39, 0.29) is 22.9 Å². The Labute approximate surface area is 124 Å². The molecule has 21 heavy (non-hydrogen) atoms. The predicted octanol–water partition coefficient (Wildman–Crippen LogP) is 0.892. The summed E-state index contributed by atoms with van der Waals surface area (Å²) in [6, 6.07) is 5.85. The summed E-state index contributed by atoms with van der Waals surface area (Å²) in [6.07, 6.45) is 1.95. The number of rotatable bonds is 5. The van der Waals surface area contributed by atoms with Crippen molar-refractivity contribution in [1.29, 1.82) is 0 Å². The lowest BCUT2D eigenvalue weighted by molar-refractivity contribution is 0.0712. The van der Waals surface area contributed by atoms with Crippen molar-refractivity contribution in [3.63, 3.8) is 0 Å². The van der Waals surface area contributed by atoms with E-state index in [1.165, 1.54) is 19.2 Å². The van der Waals surface area contributed by atoms with E-state index in [1.807, 2.05) is 6.92 Å². The number of nitrogens with one attached hydrogen (secondary N) is 2. The van der Waals surface area contributed by atoms with Crippen molar-refractivity contribution >= 4 is 15.9 Å². The van der Waals surface area contributed by atoms with Crippen LogP contribution in [0.5, 0.6) is 0 Å². The van der Waals surface area contributed by atoms with Gasteiger partial charge in [-0.15, -0.1) is 0 Å². The van der Waals surface area contributed by atoms with Crippen LogP contribution in [0.25, 0.3) is 0 Å². The first-order valence-electron chi connectivity index (χ1n) is 6.90. The maximum atomic E-state index is 12.2. The molecule has 0 aliphatic carbocycles. The molecule has 6 nitrogen and oxygen atoms in total. The summed E-state index contributed by atoms with van der Waals surface area (Å²) in [5.41, 5.74) is 0.316. The van der Waals surface area contributed by atoms with Gasteiger partial charge in [0.05, 0.1) is 17.0 Å². The Balaban J connectivity index is 2.10. The maximum absolute atomic E-state index is 12.2. The number of sulfonamides is 1. The van der Waals surface area contributed by atoms with Crippen LogP contribution in [-0.4, -0.2) is 40.1 Å². The first kappa shape index (κ1) is 15.9. The van der Waals surface area contributed by atoms with Crippen molar-refractivity contribution in [3.8, 4) is 0 Å². The van der Waals surface area contributed by atoms with Gasteiger partial charge >= 0.3 is 0 Å². The van der Waals surface area contributed by atoms with Gasteiger partial charge in [-0.3, -0.25) is 4.79 Å². The second kappa shape index (κ2) is 6.55. The fraction of sp³-hybridized carbons (Fsp3) is 0.500. The highest BCUT2D eigenvalue weighted by Gasteiger charge is 2.24. The Morgan fingerprint density at radius 1 is 1.43 bits per heavy atom. The third-order valence-electron chi connectivity index (χ3n) is 3.56. The van der Waals surface area contributed by atoms with Gasteiger partial charge in [0.25, 0.3) is 5.91 Å². The molecule has 0 saturated carbocycles. The number of carbonyl (C=O) groups excluding carboxylic acids is 1. The summed E-state index contributed by atoms with van der Waals surface area (Å²) in [5, 5.41) is 2.86. The topological polar surface area (TPSA) is 84.5 Å². The Kier molecular flexibility index (Phi) is 4.97. The molecule has 2 N–H and O–H groups in total. The number of carbonyl (C=O) groups is 1. The van der Waals surface area contributed by atoms with E-state index in [1.54, 1.807) is 12.1 Å². The van der Waals surface area contributed by atoms with Gasteiger partial charge < -0.3 is 10.1 Å². The van der Waals surface area contributed by atoms with Crippen LogP contribution in [0.4, 0.5) is 0 Å². The van der Waals surface area contributed by atoms with Crippen LogP contribution in [0.15, 0.2) is 29.2 Å². The summed E-state index contributed by atoms with van der Waals surface area (Å²) in [4.78, 5) is 12.3. The smallest absolute Gasteiger partial charge is 0.251 e. The van der Waals surface area contributed by atoms with Crippen LogP contribution in [0.3, 0.4) is 0 Å². The van der Waals surface area contributed by atoms with E-state index in [0.29, 0.717) is 5.56 Å². The highest BCUT2D eigenvalue weighted by Crippen LogP contribution is 2.16. The molecule has 1 aliphatic heterocycles. The summed E-state index contributed by atoms with van der Waals surface area (Å²) < 4.78 is 31.2. The minimum absolute atomic E-state index is 0.0261. The molecule has 0 bridgehead atoms. The lowest BCUT2D eigenvalue weighted by atomic mass is 10.1. The molecule has 0 radical (unpaired) electrons. The molecular formula is C14H20N2O4S. The molecule has 7 heteroatoms. The fourth-order valence-electron chi connectivity index (χ4n) is 2.30. The molecule has 1 aromatic rings. The van der Waals surface area contributed by atoms with Crippen molar-refractivity contribution in [3.05, 3.63) is 29.8 Å². The Bertz CT molecular complexity index is 609. The molecule has 1 aliphatic rings. The molecule has 0 spiro atoms. The third-order valence-corrected chi connectivity index (χ3v) is 4.97. The van der Waals surface area contributed by atoms with E-state index >= 15 is 0 Å². The lowest BCUT2D eigenvalue weighted by Crippen LogP contribution is -2.40. The van der Waals surface area contributed by atoms with Gasteiger partial charge in [-0.1, -0.05) is 6.07 Å². The number of hydrogen-bond acceptors (Lipinski definition) is 4. The van der Waals surface area contributed by atoms with Gasteiger partial charge in [0.1, 0.15) is 0 Å². The van der Waals surface area contributed by atoms with E-state index in [4.69, 9.17) is 4.74 Å². The molecule has 1 aromatic carbocycles. The quantitative estimate of drug-likeness (QED) is 0.846. The molecule has 2 unspecified atom stereocenters. The number of benzene rings is 1. The van der Waals surface area contributed by atoms with Crippen LogP contribution in [-0.2, 0) is 14.8 Å². The SMILES string of the molecule is CNS(=O)(=O)c1cccc(C(=O)NC(C)C2CCCO2)c1. The zero-order valence-electron chi connectivity index (χ0n) is 12.1. The normalized spacial score (nSPS) is 20.2. The third kappa shape index (κ3) is 3.81. The molecule has 0 aromatic heterocycles. The van der Waals surface area contributed by atoms with Crippen molar-refractivity contribution in [1.82, 2.24) is 10.0 Å². The van der Waals surface area contributed by atoms with Crippen molar-refractivity contribution < 1.29 is 17.9 Å². The van der Waals surface area contributed by atoms with Gasteiger partial charge in [0.2, 0.25) is 10.0 Å². The summed E-state index contributed by atoms with van der Waals surface area (Å²) in [5.74, 6) is -0.300. The van der Waals surface area contributed by atoms with Crippen LogP contribution in [0, 0.1) is 0 Å². The molecule has 1 amide bonds. The first-order chi connectivity index (χ1) is 9.94. The van der Waals surface area contributed by atoms with Crippen molar-refractivity contribution in [2.75, 3.05) is 13.7 Å². The van der Waals surface area contributed by atoms with Gasteiger partial charge in [0, 0.05) is 12.2 Å². The summed E-state index contributed by atoms with van der Waals surface area (Å²) in [7, 11) is -2.22. The van der Waals surface area contributed by atoms with Gasteiger partial charge in [-0.25, -0.2) is 13.1 Å². The maximum Gasteiger partial charge on any atom is 0.251 e. The van der Waals surface area contributed by atoms with Crippen molar-refractivity contribution in [2.45, 2.75) is 36.8 Å². The largest absolute Gasteiger partial charge is 0.376 e. The van der Waals surface area contributed by atoms with Gasteiger partial charge in [0.15, 0.2) is 0 Å². The monoisotopic (exact) mass is 312 g/mol. The number of ether oxygens (including phenoxy) is 1. The molecule has 2 rings (SSSR count). The lowest BCUT2D eigenvalue weighted by Gasteiger charge is -2.20. The van der Waals surface area contributed by atoms with Crippen molar-refractivity contribution in [2.24, 2.45) is 0 Å². The molecule has 2 atom stereocenters. The average Bonchev–Trinajstić information content (AvgIpc) is 3.01. The summed E-state index contributed by atoms with van der Waals surface area (Å²) >= 11 is 0. The predicted molar refractivity (Wildman–Crippen MR) is 78.6 cm³/mol. The Hall–Kier alpha value is -1.44. The Morgan fingerprint density at radius 3 is 2.81 bits per heavy atom. The summed E-state index contributed by atoms with van der Waals surface area (Å²) in [6.45, 7) is 2.61. The highest BCUT2D eigenvalue weighted by atomic mass is 32.2. The van der Waals surface area contributed by atoms with Crippen LogP contribution >= 0.6 is 0 Å². The zero-order chi connectivity index (χ0) is 15.5.